The number of hydrogen-bond acceptors (Lipinski definition) is 7. The average molecular weight is 533 g/mol. The third-order valence-electron chi connectivity index (χ3n) is 6.70. The van der Waals surface area contributed by atoms with Crippen molar-refractivity contribution >= 4 is 17.4 Å². The molecule has 1 atom stereocenters. The first kappa shape index (κ1) is 28.0. The lowest BCUT2D eigenvalue weighted by Crippen LogP contribution is -2.21. The molecule has 2 aromatic carbocycles. The highest BCUT2D eigenvalue weighted by molar-refractivity contribution is 6.08. The summed E-state index contributed by atoms with van der Waals surface area (Å²) in [6.45, 7) is 0.730. The fourth-order valence-electron chi connectivity index (χ4n) is 4.53. The zero-order valence-electron chi connectivity index (χ0n) is 22.3. The second kappa shape index (κ2) is 14.8. The zero-order valence-corrected chi connectivity index (χ0v) is 22.3. The van der Waals surface area contributed by atoms with Gasteiger partial charge < -0.3 is 24.3 Å². The predicted octanol–water partition coefficient (Wildman–Crippen LogP) is 6.31. The predicted molar refractivity (Wildman–Crippen MR) is 150 cm³/mol. The summed E-state index contributed by atoms with van der Waals surface area (Å²) < 4.78 is 11.9. The van der Waals surface area contributed by atoms with Crippen molar-refractivity contribution in [3.63, 3.8) is 0 Å². The summed E-state index contributed by atoms with van der Waals surface area (Å²) in [5, 5.41) is 17.7. The molecule has 0 aliphatic heterocycles. The SMILES string of the molecule is CO/N=C(\COc1ccc(COc2ccc(/C(CC(=O)O)=N\OC3CCCCC3)cc2)cc1)C1C=CC=CC1. The van der Waals surface area contributed by atoms with Crippen molar-refractivity contribution in [3.05, 3.63) is 84.0 Å². The molecule has 8 nitrogen and oxygen atoms in total. The minimum atomic E-state index is -0.945. The number of carbonyl (C=O) groups is 1. The van der Waals surface area contributed by atoms with Gasteiger partial charge in [0.05, 0.1) is 12.1 Å². The molecule has 1 fully saturated rings. The molecular weight excluding hydrogens is 496 g/mol. The Morgan fingerprint density at radius 3 is 2.31 bits per heavy atom. The first-order chi connectivity index (χ1) is 19.1. The van der Waals surface area contributed by atoms with Crippen LogP contribution in [0, 0.1) is 5.92 Å². The van der Waals surface area contributed by atoms with Crippen molar-refractivity contribution in [1.82, 2.24) is 0 Å². The van der Waals surface area contributed by atoms with E-state index >= 15 is 0 Å². The molecule has 2 aliphatic rings. The normalized spacial score (nSPS) is 18.0. The van der Waals surface area contributed by atoms with E-state index in [1.54, 1.807) is 7.11 Å². The van der Waals surface area contributed by atoms with Crippen molar-refractivity contribution in [1.29, 1.82) is 0 Å². The lowest BCUT2D eigenvalue weighted by Gasteiger charge is -2.19. The number of rotatable bonds is 13. The van der Waals surface area contributed by atoms with Crippen LogP contribution < -0.4 is 9.47 Å². The van der Waals surface area contributed by atoms with Gasteiger partial charge in [0.15, 0.2) is 0 Å². The molecule has 0 heterocycles. The summed E-state index contributed by atoms with van der Waals surface area (Å²) in [5.41, 5.74) is 2.95. The maximum absolute atomic E-state index is 11.4. The highest BCUT2D eigenvalue weighted by Crippen LogP contribution is 2.22. The molecule has 0 bridgehead atoms. The van der Waals surface area contributed by atoms with Crippen LogP contribution in [-0.4, -0.2) is 42.3 Å². The van der Waals surface area contributed by atoms with Crippen molar-refractivity contribution in [3.8, 4) is 11.5 Å². The quantitative estimate of drug-likeness (QED) is 0.240. The highest BCUT2D eigenvalue weighted by Gasteiger charge is 2.17. The topological polar surface area (TPSA) is 98.9 Å². The Kier molecular flexibility index (Phi) is 10.6. The lowest BCUT2D eigenvalue weighted by atomic mass is 9.96. The molecule has 1 saturated carbocycles. The molecule has 2 aliphatic carbocycles. The molecule has 0 spiro atoms. The molecule has 1 N–H and O–H groups in total. The van der Waals surface area contributed by atoms with Crippen molar-refractivity contribution in [2.75, 3.05) is 13.7 Å². The largest absolute Gasteiger partial charge is 0.489 e. The van der Waals surface area contributed by atoms with E-state index in [0.29, 0.717) is 30.2 Å². The molecule has 4 rings (SSSR count). The summed E-state index contributed by atoms with van der Waals surface area (Å²) >= 11 is 0. The molecule has 0 aromatic heterocycles. The van der Waals surface area contributed by atoms with Gasteiger partial charge in [-0.05, 0) is 74.1 Å². The molecule has 0 saturated heterocycles. The number of allylic oxidation sites excluding steroid dienone is 4. The molecule has 39 heavy (non-hydrogen) atoms. The fourth-order valence-corrected chi connectivity index (χ4v) is 4.53. The van der Waals surface area contributed by atoms with Crippen LogP contribution in [0.15, 0.2) is 83.1 Å². The van der Waals surface area contributed by atoms with Crippen LogP contribution in [0.4, 0.5) is 0 Å². The fraction of sp³-hybridized carbons (Fsp3) is 0.387. The number of nitrogens with zero attached hydrogens (tertiary/aromatic N) is 2. The van der Waals surface area contributed by atoms with Gasteiger partial charge in [0.2, 0.25) is 0 Å². The first-order valence-corrected chi connectivity index (χ1v) is 13.4. The van der Waals surface area contributed by atoms with Crippen molar-refractivity contribution in [2.45, 2.75) is 57.7 Å². The Bertz CT molecular complexity index is 1180. The van der Waals surface area contributed by atoms with Crippen molar-refractivity contribution < 1.29 is 29.0 Å². The molecule has 206 valence electrons. The number of aliphatic carboxylic acids is 1. The van der Waals surface area contributed by atoms with E-state index in [0.717, 1.165) is 49.1 Å². The summed E-state index contributed by atoms with van der Waals surface area (Å²) in [6.07, 6.45) is 14.4. The van der Waals surface area contributed by atoms with Crippen LogP contribution in [0.3, 0.4) is 0 Å². The monoisotopic (exact) mass is 532 g/mol. The maximum atomic E-state index is 11.4. The summed E-state index contributed by atoms with van der Waals surface area (Å²) in [6, 6.07) is 15.0. The third-order valence-corrected chi connectivity index (χ3v) is 6.70. The summed E-state index contributed by atoms with van der Waals surface area (Å²) in [7, 11) is 1.54. The van der Waals surface area contributed by atoms with Gasteiger partial charge >= 0.3 is 5.97 Å². The molecule has 0 radical (unpaired) electrons. The number of hydrogen-bond donors (Lipinski definition) is 1. The van der Waals surface area contributed by atoms with E-state index in [1.165, 1.54) is 6.42 Å². The molecule has 0 amide bonds. The van der Waals surface area contributed by atoms with Crippen LogP contribution in [-0.2, 0) is 21.1 Å². The van der Waals surface area contributed by atoms with E-state index in [4.69, 9.17) is 19.1 Å². The number of ether oxygens (including phenoxy) is 2. The number of carboxylic acids is 1. The van der Waals surface area contributed by atoms with Crippen LogP contribution in [0.2, 0.25) is 0 Å². The van der Waals surface area contributed by atoms with E-state index in [9.17, 15) is 9.90 Å². The number of carboxylic acid groups (broad SMARTS) is 1. The summed E-state index contributed by atoms with van der Waals surface area (Å²) in [4.78, 5) is 22.1. The Morgan fingerprint density at radius 1 is 0.923 bits per heavy atom. The van der Waals surface area contributed by atoms with E-state index in [-0.39, 0.29) is 18.4 Å². The van der Waals surface area contributed by atoms with Gasteiger partial charge in [0, 0.05) is 11.5 Å². The highest BCUT2D eigenvalue weighted by atomic mass is 16.6. The first-order valence-electron chi connectivity index (χ1n) is 13.4. The van der Waals surface area contributed by atoms with Crippen LogP contribution in [0.5, 0.6) is 11.5 Å². The lowest BCUT2D eigenvalue weighted by molar-refractivity contribution is -0.135. The van der Waals surface area contributed by atoms with Gasteiger partial charge in [-0.25, -0.2) is 0 Å². The zero-order chi connectivity index (χ0) is 27.3. The van der Waals surface area contributed by atoms with Gasteiger partial charge in [0.25, 0.3) is 0 Å². The third kappa shape index (κ3) is 9.02. The van der Waals surface area contributed by atoms with Crippen LogP contribution >= 0.6 is 0 Å². The minimum absolute atomic E-state index is 0.0638. The van der Waals surface area contributed by atoms with E-state index < -0.39 is 5.97 Å². The second-order valence-electron chi connectivity index (χ2n) is 9.64. The minimum Gasteiger partial charge on any atom is -0.489 e. The summed E-state index contributed by atoms with van der Waals surface area (Å²) in [5.74, 6) is 0.642. The van der Waals surface area contributed by atoms with Gasteiger partial charge in [0.1, 0.15) is 43.6 Å². The maximum Gasteiger partial charge on any atom is 0.309 e. The Labute approximate surface area is 229 Å². The Morgan fingerprint density at radius 2 is 1.64 bits per heavy atom. The van der Waals surface area contributed by atoms with Gasteiger partial charge in [-0.2, -0.15) is 0 Å². The number of oxime groups is 2. The van der Waals surface area contributed by atoms with Crippen LogP contribution in [0.1, 0.15) is 56.1 Å². The molecule has 1 unspecified atom stereocenters. The Hall–Kier alpha value is -4.07. The standard InChI is InChI=1S/C31H36N2O6/c1-36-32-30(24-8-4-2-5-9-24)22-38-26-16-12-23(13-17-26)21-37-27-18-14-25(15-19-27)29(20-31(34)35)33-39-28-10-6-3-7-11-28/h2,4-5,8,12-19,24,28H,3,6-7,9-11,20-22H2,1H3,(H,34,35)/b32-30+,33-29-. The average Bonchev–Trinajstić information content (AvgIpc) is 2.98. The van der Waals surface area contributed by atoms with Gasteiger partial charge in [-0.15, -0.1) is 0 Å². The van der Waals surface area contributed by atoms with Crippen molar-refractivity contribution in [2.24, 2.45) is 16.2 Å². The second-order valence-corrected chi connectivity index (χ2v) is 9.64. The van der Waals surface area contributed by atoms with E-state index in [2.05, 4.69) is 22.5 Å². The molecular formula is C31H36N2O6. The smallest absolute Gasteiger partial charge is 0.309 e. The number of benzene rings is 2. The van der Waals surface area contributed by atoms with Crippen LogP contribution in [0.25, 0.3) is 0 Å². The molecule has 2 aromatic rings. The molecule has 8 heteroatoms. The van der Waals surface area contributed by atoms with E-state index in [1.807, 2.05) is 60.7 Å². The van der Waals surface area contributed by atoms with Gasteiger partial charge in [-0.3, -0.25) is 4.79 Å². The van der Waals surface area contributed by atoms with Gasteiger partial charge in [-0.1, -0.05) is 53.2 Å². The Balaban J connectivity index is 1.28.